The van der Waals surface area contributed by atoms with Gasteiger partial charge in [-0.15, -0.1) is 0 Å². The molecule has 0 unspecified atom stereocenters. The second-order valence-electron chi connectivity index (χ2n) is 6.21. The summed E-state index contributed by atoms with van der Waals surface area (Å²) in [7, 11) is 1.67. The summed E-state index contributed by atoms with van der Waals surface area (Å²) in [5, 5.41) is 1.21. The number of hydrogen-bond donors (Lipinski definition) is 0. The van der Waals surface area contributed by atoms with Crippen LogP contribution >= 0.6 is 11.6 Å². The van der Waals surface area contributed by atoms with Crippen LogP contribution in [0.5, 0.6) is 0 Å². The summed E-state index contributed by atoms with van der Waals surface area (Å²) in [4.78, 5) is 29.0. The molecule has 27 heavy (non-hydrogen) atoms. The second-order valence-corrected chi connectivity index (χ2v) is 6.57. The molecule has 0 bridgehead atoms. The summed E-state index contributed by atoms with van der Waals surface area (Å²) in [5.41, 5.74) is 2.58. The lowest BCUT2D eigenvalue weighted by molar-refractivity contribution is -0.145. The zero-order chi connectivity index (χ0) is 19.0. The Morgan fingerprint density at radius 2 is 1.81 bits per heavy atom. The molecule has 0 aliphatic rings. The fourth-order valence-electron chi connectivity index (χ4n) is 3.09. The first-order valence-electron chi connectivity index (χ1n) is 8.38. The van der Waals surface area contributed by atoms with Crippen molar-refractivity contribution in [3.05, 3.63) is 75.8 Å². The predicted molar refractivity (Wildman–Crippen MR) is 104 cm³/mol. The fraction of sp³-hybridized carbons (Fsp3) is 0.150. The number of nitrogens with zero attached hydrogens (tertiary/aromatic N) is 3. The largest absolute Gasteiger partial charge is 0.459 e. The van der Waals surface area contributed by atoms with Gasteiger partial charge in [0.2, 0.25) is 0 Å². The van der Waals surface area contributed by atoms with Gasteiger partial charge < -0.3 is 4.74 Å². The van der Waals surface area contributed by atoms with Gasteiger partial charge in [-0.3, -0.25) is 13.9 Å². The molecule has 4 aromatic rings. The van der Waals surface area contributed by atoms with E-state index in [0.717, 1.165) is 16.4 Å². The highest BCUT2D eigenvalue weighted by atomic mass is 35.5. The normalized spacial score (nSPS) is 11.2. The molecule has 0 saturated heterocycles. The predicted octanol–water partition coefficient (Wildman–Crippen LogP) is 3.29. The SMILES string of the molecule is Cn1c(=O)n(CC(=O)OCc2cc3ccccc3nc2Cl)c2ccccc21. The number of fused-ring (bicyclic) bond motifs is 2. The molecule has 2 aromatic carbocycles. The van der Waals surface area contributed by atoms with Crippen molar-refractivity contribution in [1.82, 2.24) is 14.1 Å². The van der Waals surface area contributed by atoms with E-state index in [1.54, 1.807) is 13.1 Å². The molecule has 6 nitrogen and oxygen atoms in total. The zero-order valence-electron chi connectivity index (χ0n) is 14.6. The molecule has 136 valence electrons. The number of imidazole rings is 1. The Balaban J connectivity index is 1.54. The van der Waals surface area contributed by atoms with E-state index in [2.05, 4.69) is 4.98 Å². The number of halogens is 1. The molecule has 0 amide bonds. The molecule has 0 N–H and O–H groups in total. The summed E-state index contributed by atoms with van der Waals surface area (Å²) >= 11 is 6.19. The van der Waals surface area contributed by atoms with Gasteiger partial charge >= 0.3 is 11.7 Å². The molecular formula is C20H16ClN3O3. The summed E-state index contributed by atoms with van der Waals surface area (Å²) in [6.45, 7) is -0.173. The summed E-state index contributed by atoms with van der Waals surface area (Å²) in [5.74, 6) is -0.516. The fourth-order valence-corrected chi connectivity index (χ4v) is 3.29. The standard InChI is InChI=1S/C20H16ClN3O3/c1-23-16-8-4-5-9-17(16)24(20(23)26)11-18(25)27-12-14-10-13-6-2-3-7-15(13)22-19(14)21/h2-10H,11-12H2,1H3. The third kappa shape index (κ3) is 3.19. The maximum absolute atomic E-state index is 12.4. The van der Waals surface area contributed by atoms with E-state index in [1.807, 2.05) is 48.5 Å². The van der Waals surface area contributed by atoms with Gasteiger partial charge in [-0.25, -0.2) is 9.78 Å². The van der Waals surface area contributed by atoms with Crippen molar-refractivity contribution >= 4 is 39.5 Å². The monoisotopic (exact) mass is 381 g/mol. The number of benzene rings is 2. The van der Waals surface area contributed by atoms with Crippen LogP contribution in [-0.2, 0) is 29.7 Å². The Morgan fingerprint density at radius 1 is 1.11 bits per heavy atom. The third-order valence-electron chi connectivity index (χ3n) is 4.48. The first-order chi connectivity index (χ1) is 13.0. The highest BCUT2D eigenvalue weighted by Gasteiger charge is 2.15. The number of hydrogen-bond acceptors (Lipinski definition) is 4. The van der Waals surface area contributed by atoms with E-state index >= 15 is 0 Å². The topological polar surface area (TPSA) is 66.1 Å². The van der Waals surface area contributed by atoms with Gasteiger partial charge in [0.15, 0.2) is 0 Å². The number of pyridine rings is 1. The molecule has 0 atom stereocenters. The molecule has 0 spiro atoms. The van der Waals surface area contributed by atoms with Crippen molar-refractivity contribution in [3.63, 3.8) is 0 Å². The van der Waals surface area contributed by atoms with E-state index in [4.69, 9.17) is 16.3 Å². The number of carbonyl (C=O) groups is 1. The number of para-hydroxylation sites is 3. The van der Waals surface area contributed by atoms with Gasteiger partial charge in [0, 0.05) is 18.0 Å². The Bertz CT molecular complexity index is 1230. The van der Waals surface area contributed by atoms with Gasteiger partial charge in [0.1, 0.15) is 18.3 Å². The Kier molecular flexibility index (Phi) is 4.41. The molecule has 7 heteroatoms. The van der Waals surface area contributed by atoms with Gasteiger partial charge in [-0.1, -0.05) is 41.9 Å². The number of ether oxygens (including phenoxy) is 1. The van der Waals surface area contributed by atoms with E-state index in [1.165, 1.54) is 9.13 Å². The van der Waals surface area contributed by atoms with Crippen LogP contribution in [0.3, 0.4) is 0 Å². The van der Waals surface area contributed by atoms with Gasteiger partial charge in [-0.2, -0.15) is 0 Å². The number of aryl methyl sites for hydroxylation is 1. The zero-order valence-corrected chi connectivity index (χ0v) is 15.3. The molecule has 2 aromatic heterocycles. The average Bonchev–Trinajstić information content (AvgIpc) is 2.91. The minimum Gasteiger partial charge on any atom is -0.459 e. The van der Waals surface area contributed by atoms with Crippen molar-refractivity contribution < 1.29 is 9.53 Å². The molecule has 0 aliphatic carbocycles. The molecular weight excluding hydrogens is 366 g/mol. The third-order valence-corrected chi connectivity index (χ3v) is 4.80. The minimum absolute atomic E-state index is 0.00494. The number of aromatic nitrogens is 3. The lowest BCUT2D eigenvalue weighted by Gasteiger charge is -2.08. The van der Waals surface area contributed by atoms with Crippen molar-refractivity contribution in [3.8, 4) is 0 Å². The van der Waals surface area contributed by atoms with Crippen LogP contribution in [0, 0.1) is 0 Å². The molecule has 0 saturated carbocycles. The van der Waals surface area contributed by atoms with E-state index in [-0.39, 0.29) is 18.8 Å². The van der Waals surface area contributed by atoms with Gasteiger partial charge in [0.25, 0.3) is 0 Å². The average molecular weight is 382 g/mol. The minimum atomic E-state index is -0.516. The Hall–Kier alpha value is -3.12. The number of carbonyl (C=O) groups excluding carboxylic acids is 1. The van der Waals surface area contributed by atoms with Crippen LogP contribution in [-0.4, -0.2) is 20.1 Å². The molecule has 2 heterocycles. The van der Waals surface area contributed by atoms with E-state index < -0.39 is 5.97 Å². The lowest BCUT2D eigenvalue weighted by Crippen LogP contribution is -2.26. The van der Waals surface area contributed by atoms with E-state index in [0.29, 0.717) is 16.2 Å². The van der Waals surface area contributed by atoms with Crippen LogP contribution < -0.4 is 5.69 Å². The summed E-state index contributed by atoms with van der Waals surface area (Å²) in [6, 6.07) is 16.7. The summed E-state index contributed by atoms with van der Waals surface area (Å²) < 4.78 is 8.25. The van der Waals surface area contributed by atoms with Crippen LogP contribution in [0.2, 0.25) is 5.15 Å². The second kappa shape index (κ2) is 6.89. The van der Waals surface area contributed by atoms with Crippen LogP contribution in [0.4, 0.5) is 0 Å². The highest BCUT2D eigenvalue weighted by Crippen LogP contribution is 2.21. The van der Waals surface area contributed by atoms with Crippen LogP contribution in [0.1, 0.15) is 5.56 Å². The Morgan fingerprint density at radius 3 is 2.63 bits per heavy atom. The van der Waals surface area contributed by atoms with Crippen molar-refractivity contribution in [2.45, 2.75) is 13.2 Å². The quantitative estimate of drug-likeness (QED) is 0.402. The number of rotatable bonds is 4. The van der Waals surface area contributed by atoms with Crippen LogP contribution in [0.15, 0.2) is 59.4 Å². The summed E-state index contributed by atoms with van der Waals surface area (Å²) in [6.07, 6.45) is 0. The molecule has 0 fully saturated rings. The smallest absolute Gasteiger partial charge is 0.329 e. The highest BCUT2D eigenvalue weighted by molar-refractivity contribution is 6.30. The maximum Gasteiger partial charge on any atom is 0.329 e. The molecule has 4 rings (SSSR count). The lowest BCUT2D eigenvalue weighted by atomic mass is 10.2. The van der Waals surface area contributed by atoms with Gasteiger partial charge in [-0.05, 0) is 24.3 Å². The molecule has 0 radical (unpaired) electrons. The maximum atomic E-state index is 12.4. The first kappa shape index (κ1) is 17.3. The van der Waals surface area contributed by atoms with Gasteiger partial charge in [0.05, 0.1) is 16.6 Å². The first-order valence-corrected chi connectivity index (χ1v) is 8.76. The van der Waals surface area contributed by atoms with E-state index in [9.17, 15) is 9.59 Å². The van der Waals surface area contributed by atoms with Crippen LogP contribution in [0.25, 0.3) is 21.9 Å². The number of esters is 1. The van der Waals surface area contributed by atoms with Crippen molar-refractivity contribution in [2.75, 3.05) is 0 Å². The van der Waals surface area contributed by atoms with Crippen molar-refractivity contribution in [2.24, 2.45) is 7.05 Å². The van der Waals surface area contributed by atoms with Crippen molar-refractivity contribution in [1.29, 1.82) is 0 Å². The Labute approximate surface area is 159 Å². The molecule has 0 aliphatic heterocycles.